The van der Waals surface area contributed by atoms with Crippen LogP contribution in [0.5, 0.6) is 0 Å². The van der Waals surface area contributed by atoms with Gasteiger partial charge in [0.05, 0.1) is 0 Å². The van der Waals surface area contributed by atoms with Gasteiger partial charge in [0.15, 0.2) is 5.82 Å². The van der Waals surface area contributed by atoms with E-state index in [2.05, 4.69) is 21.8 Å². The zero-order valence-electron chi connectivity index (χ0n) is 16.7. The minimum absolute atomic E-state index is 0.230. The van der Waals surface area contributed by atoms with Crippen LogP contribution in [0.1, 0.15) is 23.1 Å². The molecule has 0 bridgehead atoms. The minimum atomic E-state index is -0.230. The van der Waals surface area contributed by atoms with Gasteiger partial charge in [-0.05, 0) is 77.7 Å². The van der Waals surface area contributed by atoms with Crippen LogP contribution < -0.4 is 0 Å². The number of methoxy groups -OCH3 is 1. The lowest BCUT2D eigenvalue weighted by Crippen LogP contribution is -1.96. The maximum atomic E-state index is 13.3. The Morgan fingerprint density at radius 1 is 0.833 bits per heavy atom. The number of ether oxygens (including phenoxy) is 1. The number of rotatable bonds is 5. The Morgan fingerprint density at radius 2 is 1.50 bits per heavy atom. The van der Waals surface area contributed by atoms with Crippen LogP contribution in [0, 0.1) is 17.7 Å². The lowest BCUT2D eigenvalue weighted by atomic mass is 10.1. The first-order chi connectivity index (χ1) is 14.7. The molecule has 0 spiro atoms. The Bertz CT molecular complexity index is 1210. The number of hydrogen-bond donors (Lipinski definition) is 0. The molecule has 0 saturated carbocycles. The molecule has 3 aromatic carbocycles. The molecule has 1 aromatic heterocycles. The molecule has 4 heteroatoms. The van der Waals surface area contributed by atoms with Gasteiger partial charge in [-0.15, -0.1) is 0 Å². The Labute approximate surface area is 175 Å². The largest absolute Gasteiger partial charge is 0.385 e. The molecule has 0 fully saturated rings. The number of benzene rings is 3. The van der Waals surface area contributed by atoms with E-state index in [1.54, 1.807) is 13.2 Å². The van der Waals surface area contributed by atoms with Crippen LogP contribution >= 0.6 is 0 Å². The zero-order valence-corrected chi connectivity index (χ0v) is 16.7. The van der Waals surface area contributed by atoms with Crippen LogP contribution in [0.2, 0.25) is 0 Å². The smallest absolute Gasteiger partial charge is 0.159 e. The predicted molar refractivity (Wildman–Crippen MR) is 118 cm³/mol. The van der Waals surface area contributed by atoms with E-state index in [-0.39, 0.29) is 5.82 Å². The number of fused-ring (bicyclic) bond motifs is 1. The van der Waals surface area contributed by atoms with Crippen molar-refractivity contribution >= 4 is 10.8 Å². The summed E-state index contributed by atoms with van der Waals surface area (Å²) < 4.78 is 18.4. The van der Waals surface area contributed by atoms with Crippen LogP contribution in [0.25, 0.3) is 22.2 Å². The van der Waals surface area contributed by atoms with Gasteiger partial charge in [-0.3, -0.25) is 0 Å². The molecule has 0 radical (unpaired) electrons. The van der Waals surface area contributed by atoms with E-state index in [0.717, 1.165) is 52.5 Å². The first kappa shape index (κ1) is 19.8. The highest BCUT2D eigenvalue weighted by molar-refractivity contribution is 5.84. The zero-order chi connectivity index (χ0) is 20.8. The highest BCUT2D eigenvalue weighted by Gasteiger charge is 2.02. The number of aromatic nitrogens is 2. The van der Waals surface area contributed by atoms with Crippen molar-refractivity contribution < 1.29 is 9.13 Å². The summed E-state index contributed by atoms with van der Waals surface area (Å²) in [5.41, 5.74) is 3.87. The second-order valence-electron chi connectivity index (χ2n) is 7.04. The van der Waals surface area contributed by atoms with Gasteiger partial charge in [-0.1, -0.05) is 24.0 Å². The molecule has 0 aliphatic heterocycles. The van der Waals surface area contributed by atoms with Gasteiger partial charge >= 0.3 is 0 Å². The van der Waals surface area contributed by atoms with Gasteiger partial charge in [0, 0.05) is 42.8 Å². The number of halogens is 1. The maximum Gasteiger partial charge on any atom is 0.159 e. The molecule has 0 unspecified atom stereocenters. The third-order valence-corrected chi connectivity index (χ3v) is 4.82. The first-order valence-corrected chi connectivity index (χ1v) is 9.83. The molecular formula is C26H21FN2O. The van der Waals surface area contributed by atoms with E-state index in [9.17, 15) is 4.39 Å². The van der Waals surface area contributed by atoms with Gasteiger partial charge in [0.1, 0.15) is 5.82 Å². The van der Waals surface area contributed by atoms with Crippen LogP contribution in [-0.2, 0) is 11.2 Å². The van der Waals surface area contributed by atoms with E-state index >= 15 is 0 Å². The van der Waals surface area contributed by atoms with Crippen molar-refractivity contribution in [2.75, 3.05) is 13.7 Å². The maximum absolute atomic E-state index is 13.3. The second kappa shape index (κ2) is 9.30. The monoisotopic (exact) mass is 396 g/mol. The molecular weight excluding hydrogens is 375 g/mol. The van der Waals surface area contributed by atoms with E-state index in [4.69, 9.17) is 4.74 Å². The van der Waals surface area contributed by atoms with Crippen LogP contribution in [-0.4, -0.2) is 23.7 Å². The Morgan fingerprint density at radius 3 is 2.27 bits per heavy atom. The van der Waals surface area contributed by atoms with Crippen molar-refractivity contribution in [3.8, 4) is 23.2 Å². The molecule has 148 valence electrons. The van der Waals surface area contributed by atoms with E-state index < -0.39 is 0 Å². The first-order valence-electron chi connectivity index (χ1n) is 9.83. The number of nitrogens with zero attached hydrogens (tertiary/aromatic N) is 2. The van der Waals surface area contributed by atoms with Crippen molar-refractivity contribution in [2.45, 2.75) is 12.8 Å². The summed E-state index contributed by atoms with van der Waals surface area (Å²) in [6.07, 6.45) is 5.61. The lowest BCUT2D eigenvalue weighted by molar-refractivity contribution is 0.195. The normalized spacial score (nSPS) is 10.6. The van der Waals surface area contributed by atoms with Crippen LogP contribution in [0.15, 0.2) is 73.1 Å². The summed E-state index contributed by atoms with van der Waals surface area (Å²) in [5.74, 6) is 6.82. The quantitative estimate of drug-likeness (QED) is 0.334. The highest BCUT2D eigenvalue weighted by Crippen LogP contribution is 2.18. The van der Waals surface area contributed by atoms with Crippen molar-refractivity contribution in [1.29, 1.82) is 0 Å². The second-order valence-corrected chi connectivity index (χ2v) is 7.04. The molecule has 0 atom stereocenters. The fraction of sp³-hybridized carbons (Fsp3) is 0.154. The van der Waals surface area contributed by atoms with E-state index in [1.165, 1.54) is 12.1 Å². The van der Waals surface area contributed by atoms with E-state index in [1.807, 2.05) is 54.9 Å². The molecule has 30 heavy (non-hydrogen) atoms. The molecule has 4 aromatic rings. The standard InChI is InChI=1S/C26H21FN2O/c1-30-14-2-3-21-17-28-26(29-18-21)22-9-6-19(7-10-22)4-5-20-8-11-24-16-25(27)13-12-23(24)15-20/h6-13,15-18H,2-3,14H2,1H3. The molecule has 0 amide bonds. The van der Waals surface area contributed by atoms with Crippen LogP contribution in [0.4, 0.5) is 4.39 Å². The van der Waals surface area contributed by atoms with Gasteiger partial charge in [0.25, 0.3) is 0 Å². The summed E-state index contributed by atoms with van der Waals surface area (Å²) in [6.45, 7) is 0.738. The fourth-order valence-electron chi connectivity index (χ4n) is 3.19. The average Bonchev–Trinajstić information content (AvgIpc) is 2.79. The number of aryl methyl sites for hydroxylation is 1. The molecule has 3 nitrogen and oxygen atoms in total. The van der Waals surface area contributed by atoms with Crippen LogP contribution in [0.3, 0.4) is 0 Å². The predicted octanol–water partition coefficient (Wildman–Crippen LogP) is 5.41. The van der Waals surface area contributed by atoms with E-state index in [0.29, 0.717) is 5.82 Å². The third-order valence-electron chi connectivity index (χ3n) is 4.82. The Kier molecular flexibility index (Phi) is 6.12. The van der Waals surface area contributed by atoms with Crippen molar-refractivity contribution in [1.82, 2.24) is 9.97 Å². The fourth-order valence-corrected chi connectivity index (χ4v) is 3.19. The molecule has 0 aliphatic carbocycles. The molecule has 0 aliphatic rings. The third kappa shape index (κ3) is 4.89. The summed E-state index contributed by atoms with van der Waals surface area (Å²) >= 11 is 0. The summed E-state index contributed by atoms with van der Waals surface area (Å²) in [7, 11) is 1.71. The minimum Gasteiger partial charge on any atom is -0.385 e. The van der Waals surface area contributed by atoms with Gasteiger partial charge in [-0.2, -0.15) is 0 Å². The van der Waals surface area contributed by atoms with Crippen molar-refractivity contribution in [3.63, 3.8) is 0 Å². The Hall–Kier alpha value is -3.55. The topological polar surface area (TPSA) is 35.0 Å². The number of hydrogen-bond acceptors (Lipinski definition) is 3. The summed E-state index contributed by atoms with van der Waals surface area (Å²) in [6, 6.07) is 18.4. The van der Waals surface area contributed by atoms with Gasteiger partial charge in [0.2, 0.25) is 0 Å². The molecule has 1 heterocycles. The summed E-state index contributed by atoms with van der Waals surface area (Å²) in [4.78, 5) is 8.94. The highest BCUT2D eigenvalue weighted by atomic mass is 19.1. The summed E-state index contributed by atoms with van der Waals surface area (Å²) in [5, 5.41) is 1.84. The molecule has 4 rings (SSSR count). The molecule has 0 saturated heterocycles. The van der Waals surface area contributed by atoms with Gasteiger partial charge in [-0.25, -0.2) is 14.4 Å². The Balaban J connectivity index is 1.46. The average molecular weight is 396 g/mol. The van der Waals surface area contributed by atoms with Crippen molar-refractivity contribution in [3.05, 3.63) is 95.6 Å². The van der Waals surface area contributed by atoms with Gasteiger partial charge < -0.3 is 4.74 Å². The van der Waals surface area contributed by atoms with Crippen molar-refractivity contribution in [2.24, 2.45) is 0 Å². The SMILES string of the molecule is COCCCc1cnc(-c2ccc(C#Cc3ccc4cc(F)ccc4c3)cc2)nc1. The molecule has 0 N–H and O–H groups in total. The lowest BCUT2D eigenvalue weighted by Gasteiger charge is -2.03.